The van der Waals surface area contributed by atoms with Crippen LogP contribution in [0.15, 0.2) is 200 Å². The maximum Gasteiger partial charge on any atom is 0.137 e. The number of pyridine rings is 1. The molecule has 324 valence electrons. The van der Waals surface area contributed by atoms with Crippen molar-refractivity contribution in [2.24, 2.45) is 0 Å². The Morgan fingerprint density at radius 2 is 0.985 bits per heavy atom. The van der Waals surface area contributed by atoms with Gasteiger partial charge in [0.1, 0.15) is 11.7 Å². The fraction of sp³-hybridized carbons (Fsp3) is 0.0938. The molecule has 0 unspecified atom stereocenters. The van der Waals surface area contributed by atoms with Gasteiger partial charge in [-0.05, 0) is 183 Å². The Bertz CT molecular complexity index is 3920. The van der Waals surface area contributed by atoms with Crippen molar-refractivity contribution in [3.63, 3.8) is 0 Å². The van der Waals surface area contributed by atoms with Crippen LogP contribution in [0.25, 0.3) is 105 Å². The van der Waals surface area contributed by atoms with Gasteiger partial charge in [0.05, 0.1) is 22.1 Å². The summed E-state index contributed by atoms with van der Waals surface area (Å²) in [5, 5.41) is 14.7. The predicted molar refractivity (Wildman–Crippen MR) is 285 cm³/mol. The number of aromatic nitrogens is 3. The Labute approximate surface area is 396 Å². The van der Waals surface area contributed by atoms with Gasteiger partial charge < -0.3 is 0 Å². The number of benzene rings is 8. The minimum Gasteiger partial charge on any atom is -0.294 e. The number of fused-ring (bicyclic) bond motifs is 8. The topological polar surface area (TPSA) is 46.6 Å². The average Bonchev–Trinajstić information content (AvgIpc) is 3.90. The second kappa shape index (κ2) is 15.6. The molecule has 3 heterocycles. The first-order chi connectivity index (χ1) is 33.4. The molecule has 0 saturated carbocycles. The van der Waals surface area contributed by atoms with Crippen LogP contribution in [0.4, 0.5) is 0 Å². The van der Waals surface area contributed by atoms with Gasteiger partial charge in [-0.2, -0.15) is 0 Å². The lowest BCUT2D eigenvalue weighted by molar-refractivity contribution is 0.883. The van der Waals surface area contributed by atoms with E-state index in [1.807, 2.05) is 25.3 Å². The predicted octanol–water partition coefficient (Wildman–Crippen LogP) is 16.1. The molecule has 0 aliphatic heterocycles. The minimum atomic E-state index is 0.451. The van der Waals surface area contributed by atoms with Crippen molar-refractivity contribution in [2.75, 3.05) is 0 Å². The zero-order valence-corrected chi connectivity index (χ0v) is 38.3. The van der Waals surface area contributed by atoms with E-state index < -0.39 is 0 Å². The maximum absolute atomic E-state index is 9.71. The summed E-state index contributed by atoms with van der Waals surface area (Å²) in [4.78, 5) is 5.05. The molecule has 0 atom stereocenters. The molecule has 3 aromatic heterocycles. The molecule has 0 saturated heterocycles. The van der Waals surface area contributed by atoms with Crippen molar-refractivity contribution < 1.29 is 0 Å². The number of hydrogen-bond donors (Lipinski definition) is 1. The molecule has 0 amide bonds. The summed E-state index contributed by atoms with van der Waals surface area (Å²) in [6.45, 7) is 8.22. The number of nitrogens with one attached hydrogen (secondary N) is 1. The SMILES string of the molecule is C=C/C(C)=C\C(=N)n1c2ccc(-c3ccc(-c4ccccc4)cc3)cc2c2cc3c4c(c21)CCc1cc2c5cc(-c6ccc(-c7ccccc7)cc6)ccc5n(-c5cc(C)ccn5)c2c(c1-4)CC3. The summed E-state index contributed by atoms with van der Waals surface area (Å²) in [5.41, 5.74) is 24.7. The van der Waals surface area contributed by atoms with Gasteiger partial charge in [-0.15, -0.1) is 0 Å². The highest BCUT2D eigenvalue weighted by Gasteiger charge is 2.33. The van der Waals surface area contributed by atoms with Gasteiger partial charge in [-0.1, -0.05) is 134 Å². The van der Waals surface area contributed by atoms with E-state index in [9.17, 15) is 5.41 Å². The van der Waals surface area contributed by atoms with Crippen molar-refractivity contribution in [3.8, 4) is 61.5 Å². The van der Waals surface area contributed by atoms with E-state index in [2.05, 4.69) is 192 Å². The molecule has 0 fully saturated rings. The van der Waals surface area contributed by atoms with E-state index in [-0.39, 0.29) is 0 Å². The molecule has 0 spiro atoms. The van der Waals surface area contributed by atoms with Crippen LogP contribution < -0.4 is 0 Å². The molecule has 68 heavy (non-hydrogen) atoms. The highest BCUT2D eigenvalue weighted by Crippen LogP contribution is 2.51. The first-order valence-corrected chi connectivity index (χ1v) is 23.8. The zero-order valence-electron chi connectivity index (χ0n) is 38.3. The van der Waals surface area contributed by atoms with Crippen LogP contribution in [0.3, 0.4) is 0 Å². The van der Waals surface area contributed by atoms with Crippen LogP contribution in [-0.4, -0.2) is 20.0 Å². The lowest BCUT2D eigenvalue weighted by atomic mass is 9.74. The number of rotatable bonds is 7. The molecule has 4 nitrogen and oxygen atoms in total. The van der Waals surface area contributed by atoms with Crippen molar-refractivity contribution in [1.82, 2.24) is 14.1 Å². The molecule has 11 aromatic rings. The monoisotopic (exact) mass is 872 g/mol. The van der Waals surface area contributed by atoms with Gasteiger partial charge in [0.15, 0.2) is 0 Å². The van der Waals surface area contributed by atoms with E-state index in [0.717, 1.165) is 48.1 Å². The van der Waals surface area contributed by atoms with Crippen molar-refractivity contribution >= 4 is 49.4 Å². The van der Waals surface area contributed by atoms with Crippen LogP contribution in [0, 0.1) is 12.3 Å². The maximum atomic E-state index is 9.71. The summed E-state index contributed by atoms with van der Waals surface area (Å²) < 4.78 is 4.66. The molecule has 0 radical (unpaired) electrons. The second-order valence-corrected chi connectivity index (χ2v) is 18.8. The molecule has 13 rings (SSSR count). The summed E-state index contributed by atoms with van der Waals surface area (Å²) in [6.07, 6.45) is 9.44. The highest BCUT2D eigenvalue weighted by molar-refractivity contribution is 6.20. The number of nitrogens with zero attached hydrogens (tertiary/aromatic N) is 3. The van der Waals surface area contributed by atoms with Gasteiger partial charge >= 0.3 is 0 Å². The van der Waals surface area contributed by atoms with Crippen LogP contribution in [0.5, 0.6) is 0 Å². The highest BCUT2D eigenvalue weighted by atomic mass is 15.1. The summed E-state index contributed by atoms with van der Waals surface area (Å²) >= 11 is 0. The number of aryl methyl sites for hydroxylation is 5. The fourth-order valence-electron chi connectivity index (χ4n) is 11.5. The molecule has 2 aliphatic carbocycles. The van der Waals surface area contributed by atoms with Crippen LogP contribution in [0.2, 0.25) is 0 Å². The van der Waals surface area contributed by atoms with Gasteiger partial charge in [0.2, 0.25) is 0 Å². The minimum absolute atomic E-state index is 0.451. The van der Waals surface area contributed by atoms with E-state index in [4.69, 9.17) is 4.98 Å². The molecule has 1 N–H and O–H groups in total. The van der Waals surface area contributed by atoms with Crippen LogP contribution in [0.1, 0.15) is 34.7 Å². The lowest BCUT2D eigenvalue weighted by Crippen LogP contribution is -2.17. The Morgan fingerprint density at radius 3 is 1.53 bits per heavy atom. The van der Waals surface area contributed by atoms with E-state index in [1.165, 1.54) is 116 Å². The molecular formula is C64H48N4. The smallest absolute Gasteiger partial charge is 0.137 e. The average molecular weight is 873 g/mol. The van der Waals surface area contributed by atoms with E-state index in [1.54, 1.807) is 0 Å². The Kier molecular flexibility index (Phi) is 9.20. The quantitative estimate of drug-likeness (QED) is 0.0968. The molecule has 4 heteroatoms. The van der Waals surface area contributed by atoms with Gasteiger partial charge in [-0.3, -0.25) is 14.5 Å². The molecular weight excluding hydrogens is 825 g/mol. The number of allylic oxidation sites excluding steroid dienone is 3. The van der Waals surface area contributed by atoms with Crippen LogP contribution in [-0.2, 0) is 25.7 Å². The molecule has 8 aromatic carbocycles. The molecule has 2 aliphatic rings. The van der Waals surface area contributed by atoms with E-state index in [0.29, 0.717) is 5.84 Å². The largest absolute Gasteiger partial charge is 0.294 e. The standard InChI is InChI=1S/C64H48N4/c1-4-39(2)33-59(65)67-57-29-25-47(45-19-15-43(16-20-45)41-11-7-5-8-12-41)35-53(57)55-37-49-24-28-52-62-50(23-27-51(61(49)62)63(55)67)38-56-54-36-48(46-21-17-44(18-22-46)42-13-9-6-10-14-42)26-30-58(54)68(64(52)56)60-34-40(3)31-32-66-60/h4-22,25-26,29-38,65H,1,23-24,27-28H2,2-3H3/b39-33-,65-59?. The van der Waals surface area contributed by atoms with Gasteiger partial charge in [0.25, 0.3) is 0 Å². The normalized spacial score (nSPS) is 13.1. The summed E-state index contributed by atoms with van der Waals surface area (Å²) in [7, 11) is 0. The summed E-state index contributed by atoms with van der Waals surface area (Å²) in [6, 6.07) is 62.2. The van der Waals surface area contributed by atoms with E-state index >= 15 is 0 Å². The zero-order chi connectivity index (χ0) is 45.6. The van der Waals surface area contributed by atoms with Crippen molar-refractivity contribution in [3.05, 3.63) is 228 Å². The lowest BCUT2D eigenvalue weighted by Gasteiger charge is -2.31. The third kappa shape index (κ3) is 6.28. The molecule has 0 bridgehead atoms. The third-order valence-corrected chi connectivity index (χ3v) is 14.7. The van der Waals surface area contributed by atoms with Gasteiger partial charge in [0, 0.05) is 27.7 Å². The number of hydrogen-bond acceptors (Lipinski definition) is 2. The Morgan fingerprint density at radius 1 is 0.515 bits per heavy atom. The van der Waals surface area contributed by atoms with Crippen molar-refractivity contribution in [1.29, 1.82) is 5.41 Å². The fourth-order valence-corrected chi connectivity index (χ4v) is 11.5. The Hall–Kier alpha value is -8.34. The first kappa shape index (κ1) is 40.0. The summed E-state index contributed by atoms with van der Waals surface area (Å²) in [5.74, 6) is 1.40. The third-order valence-electron chi connectivity index (χ3n) is 14.7. The van der Waals surface area contributed by atoms with Crippen molar-refractivity contribution in [2.45, 2.75) is 39.5 Å². The first-order valence-electron chi connectivity index (χ1n) is 23.8. The second-order valence-electron chi connectivity index (χ2n) is 18.8. The van der Waals surface area contributed by atoms with Gasteiger partial charge in [-0.25, -0.2) is 4.98 Å². The Balaban J connectivity index is 1.02. The van der Waals surface area contributed by atoms with Crippen LogP contribution >= 0.6 is 0 Å².